The van der Waals surface area contributed by atoms with Crippen molar-refractivity contribution in [1.82, 2.24) is 15.1 Å². The topological polar surface area (TPSA) is 77.8 Å². The van der Waals surface area contributed by atoms with Crippen LogP contribution in [0.25, 0.3) is 21.6 Å². The summed E-state index contributed by atoms with van der Waals surface area (Å²) in [6, 6.07) is 4.12. The molecule has 5 nitrogen and oxygen atoms in total. The number of pyridine rings is 1. The van der Waals surface area contributed by atoms with Gasteiger partial charge in [-0.2, -0.15) is 4.98 Å². The van der Waals surface area contributed by atoms with Gasteiger partial charge < -0.3 is 10.3 Å². The Morgan fingerprint density at radius 2 is 2.30 bits per heavy atom. The van der Waals surface area contributed by atoms with Crippen LogP contribution in [0, 0.1) is 0 Å². The van der Waals surface area contributed by atoms with Gasteiger partial charge in [-0.1, -0.05) is 17.3 Å². The number of nitrogens with zero attached hydrogens (tertiary/aromatic N) is 3. The average molecular weight is 284 g/mol. The maximum absolute atomic E-state index is 5.85. The highest BCUT2D eigenvalue weighted by Gasteiger charge is 2.23. The predicted octanol–water partition coefficient (Wildman–Crippen LogP) is 2.72. The number of fused-ring (bicyclic) bond motifs is 1. The minimum Gasteiger partial charge on any atom is -0.338 e. The fourth-order valence-corrected chi connectivity index (χ4v) is 3.16. The van der Waals surface area contributed by atoms with Crippen molar-refractivity contribution in [1.29, 1.82) is 0 Å². The monoisotopic (exact) mass is 284 g/mol. The van der Waals surface area contributed by atoms with Gasteiger partial charge in [0.1, 0.15) is 0 Å². The number of aromatic nitrogens is 3. The van der Waals surface area contributed by atoms with E-state index in [0.29, 0.717) is 11.7 Å². The van der Waals surface area contributed by atoms with Gasteiger partial charge in [0.15, 0.2) is 0 Å². The number of thiophene rings is 1. The zero-order valence-corrected chi connectivity index (χ0v) is 11.4. The highest BCUT2D eigenvalue weighted by molar-refractivity contribution is 7.17. The quantitative estimate of drug-likeness (QED) is 0.732. The minimum atomic E-state index is 0.0829. The third-order valence-corrected chi connectivity index (χ3v) is 4.29. The summed E-state index contributed by atoms with van der Waals surface area (Å²) in [7, 11) is 0. The molecule has 0 aromatic carbocycles. The summed E-state index contributed by atoms with van der Waals surface area (Å²) in [5.74, 6) is 1.33. The standard InChI is InChI=1S/C14H12N4OS/c15-10-2-1-8(5-10)14-17-13(18-19-14)9-6-12-11(16-7-9)3-4-20-12/h1-4,6-8,10H,5,15H2. The molecule has 2 unspecified atom stereocenters. The van der Waals surface area contributed by atoms with Crippen LogP contribution in [-0.2, 0) is 0 Å². The molecule has 0 radical (unpaired) electrons. The van der Waals surface area contributed by atoms with Gasteiger partial charge in [0.2, 0.25) is 11.7 Å². The Balaban J connectivity index is 1.68. The number of hydrogen-bond donors (Lipinski definition) is 1. The van der Waals surface area contributed by atoms with Gasteiger partial charge >= 0.3 is 0 Å². The Labute approximate surface area is 119 Å². The van der Waals surface area contributed by atoms with Gasteiger partial charge in [-0.05, 0) is 23.9 Å². The third kappa shape index (κ3) is 1.93. The SMILES string of the molecule is NC1C=CC(c2nc(-c3cnc4ccsc4c3)no2)C1. The molecule has 1 aliphatic rings. The first-order valence-electron chi connectivity index (χ1n) is 6.41. The van der Waals surface area contributed by atoms with Crippen LogP contribution in [0.3, 0.4) is 0 Å². The van der Waals surface area contributed by atoms with E-state index >= 15 is 0 Å². The third-order valence-electron chi connectivity index (χ3n) is 3.44. The molecule has 1 aliphatic carbocycles. The second kappa shape index (κ2) is 4.50. The molecule has 0 spiro atoms. The molecule has 2 atom stereocenters. The van der Waals surface area contributed by atoms with Gasteiger partial charge in [-0.3, -0.25) is 4.98 Å². The zero-order valence-electron chi connectivity index (χ0n) is 10.6. The second-order valence-corrected chi connectivity index (χ2v) is 5.82. The van der Waals surface area contributed by atoms with E-state index in [2.05, 4.69) is 15.1 Å². The molecule has 2 N–H and O–H groups in total. The van der Waals surface area contributed by atoms with E-state index in [4.69, 9.17) is 10.3 Å². The summed E-state index contributed by atoms with van der Waals surface area (Å²) in [4.78, 5) is 8.86. The summed E-state index contributed by atoms with van der Waals surface area (Å²) >= 11 is 1.65. The first-order chi connectivity index (χ1) is 9.79. The normalized spacial score (nSPS) is 21.9. The minimum absolute atomic E-state index is 0.0829. The van der Waals surface area contributed by atoms with Crippen molar-refractivity contribution >= 4 is 21.6 Å². The summed E-state index contributed by atoms with van der Waals surface area (Å²) in [6.45, 7) is 0. The van der Waals surface area contributed by atoms with Crippen LogP contribution in [0.1, 0.15) is 18.2 Å². The maximum atomic E-state index is 5.85. The van der Waals surface area contributed by atoms with Crippen LogP contribution in [-0.4, -0.2) is 21.2 Å². The highest BCUT2D eigenvalue weighted by Crippen LogP contribution is 2.29. The van der Waals surface area contributed by atoms with Crippen LogP contribution in [0.15, 0.2) is 40.4 Å². The molecule has 100 valence electrons. The molecule has 3 aromatic rings. The van der Waals surface area contributed by atoms with Crippen molar-refractivity contribution in [3.05, 3.63) is 41.8 Å². The lowest BCUT2D eigenvalue weighted by atomic mass is 10.1. The Bertz CT molecular complexity index is 791. The van der Waals surface area contributed by atoms with E-state index < -0.39 is 0 Å². The number of rotatable bonds is 2. The van der Waals surface area contributed by atoms with Crippen molar-refractivity contribution in [2.24, 2.45) is 5.73 Å². The molecule has 0 saturated carbocycles. The van der Waals surface area contributed by atoms with Crippen molar-refractivity contribution in [3.63, 3.8) is 0 Å². The molecule has 0 saturated heterocycles. The average Bonchev–Trinajstić information content (AvgIpc) is 3.17. The molecule has 0 aliphatic heterocycles. The number of allylic oxidation sites excluding steroid dienone is 1. The molecule has 0 amide bonds. The predicted molar refractivity (Wildman–Crippen MR) is 77.4 cm³/mol. The Morgan fingerprint density at radius 3 is 3.15 bits per heavy atom. The van der Waals surface area contributed by atoms with Crippen LogP contribution in [0.2, 0.25) is 0 Å². The molecule has 0 bridgehead atoms. The largest absolute Gasteiger partial charge is 0.338 e. The van der Waals surface area contributed by atoms with Crippen LogP contribution >= 0.6 is 11.3 Å². The summed E-state index contributed by atoms with van der Waals surface area (Å²) in [5, 5.41) is 6.07. The van der Waals surface area contributed by atoms with Gasteiger partial charge in [0.05, 0.1) is 16.1 Å². The summed E-state index contributed by atoms with van der Waals surface area (Å²) < 4.78 is 6.47. The second-order valence-electron chi connectivity index (χ2n) is 4.88. The van der Waals surface area contributed by atoms with Gasteiger partial charge in [-0.15, -0.1) is 11.3 Å². The van der Waals surface area contributed by atoms with Gasteiger partial charge in [-0.25, -0.2) is 0 Å². The van der Waals surface area contributed by atoms with Crippen LogP contribution < -0.4 is 5.73 Å². The van der Waals surface area contributed by atoms with E-state index in [0.717, 1.165) is 22.2 Å². The Hall–Kier alpha value is -2.05. The summed E-state index contributed by atoms with van der Waals surface area (Å²) in [5.41, 5.74) is 7.71. The first-order valence-corrected chi connectivity index (χ1v) is 7.29. The van der Waals surface area contributed by atoms with Crippen molar-refractivity contribution in [2.75, 3.05) is 0 Å². The molecule has 6 heteroatoms. The highest BCUT2D eigenvalue weighted by atomic mass is 32.1. The summed E-state index contributed by atoms with van der Waals surface area (Å²) in [6.07, 6.45) is 6.61. The smallest absolute Gasteiger partial charge is 0.233 e. The number of hydrogen-bond acceptors (Lipinski definition) is 6. The lowest BCUT2D eigenvalue weighted by Gasteiger charge is -2.01. The molecule has 20 heavy (non-hydrogen) atoms. The first kappa shape index (κ1) is 11.7. The number of nitrogens with two attached hydrogens (primary N) is 1. The van der Waals surface area contributed by atoms with E-state index in [-0.39, 0.29) is 12.0 Å². The zero-order chi connectivity index (χ0) is 13.5. The van der Waals surface area contributed by atoms with Crippen LogP contribution in [0.5, 0.6) is 0 Å². The molecule has 3 heterocycles. The molecule has 4 rings (SSSR count). The van der Waals surface area contributed by atoms with Gasteiger partial charge in [0.25, 0.3) is 0 Å². The Kier molecular flexibility index (Phi) is 2.64. The lowest BCUT2D eigenvalue weighted by Crippen LogP contribution is -2.14. The fraction of sp³-hybridized carbons (Fsp3) is 0.214. The molecule has 0 fully saturated rings. The fourth-order valence-electron chi connectivity index (χ4n) is 2.38. The van der Waals surface area contributed by atoms with Crippen molar-refractivity contribution in [2.45, 2.75) is 18.4 Å². The van der Waals surface area contributed by atoms with E-state index in [1.54, 1.807) is 17.5 Å². The maximum Gasteiger partial charge on any atom is 0.233 e. The Morgan fingerprint density at radius 1 is 1.35 bits per heavy atom. The van der Waals surface area contributed by atoms with E-state index in [9.17, 15) is 0 Å². The van der Waals surface area contributed by atoms with E-state index in [1.165, 1.54) is 0 Å². The van der Waals surface area contributed by atoms with E-state index in [1.807, 2.05) is 29.7 Å². The van der Waals surface area contributed by atoms with Crippen molar-refractivity contribution in [3.8, 4) is 11.4 Å². The van der Waals surface area contributed by atoms with Crippen molar-refractivity contribution < 1.29 is 4.52 Å². The lowest BCUT2D eigenvalue weighted by molar-refractivity contribution is 0.365. The molecular formula is C14H12N4OS. The van der Waals surface area contributed by atoms with Gasteiger partial charge in [0, 0.05) is 17.8 Å². The molecule has 3 aromatic heterocycles. The van der Waals surface area contributed by atoms with Crippen LogP contribution in [0.4, 0.5) is 0 Å². The molecular weight excluding hydrogens is 272 g/mol.